The molecule has 1 aromatic rings. The topological polar surface area (TPSA) is 47.9 Å². The summed E-state index contributed by atoms with van der Waals surface area (Å²) in [6.45, 7) is 2.44. The van der Waals surface area contributed by atoms with Gasteiger partial charge in [-0.15, -0.1) is 0 Å². The molecule has 0 saturated heterocycles. The fourth-order valence-electron chi connectivity index (χ4n) is 1.39. The Hall–Kier alpha value is -0.620. The summed E-state index contributed by atoms with van der Waals surface area (Å²) in [6.07, 6.45) is 0.892. The van der Waals surface area contributed by atoms with Crippen LogP contribution in [0.15, 0.2) is 22.7 Å². The summed E-state index contributed by atoms with van der Waals surface area (Å²) in [5.41, 5.74) is 0.813. The normalized spacial score (nSPS) is 10.6. The third kappa shape index (κ3) is 5.82. The zero-order valence-corrected chi connectivity index (χ0v) is 12.1. The molecule has 0 spiro atoms. The largest absolute Gasteiger partial charge is 0.491 e. The number of halogens is 1. The van der Waals surface area contributed by atoms with Crippen molar-refractivity contribution >= 4 is 15.9 Å². The first kappa shape index (κ1) is 15.4. The van der Waals surface area contributed by atoms with Crippen LogP contribution >= 0.6 is 15.9 Å². The number of rotatable bonds is 9. The summed E-state index contributed by atoms with van der Waals surface area (Å²) < 4.78 is 16.7. The molecule has 0 amide bonds. The number of methoxy groups -OCH3 is 1. The van der Waals surface area contributed by atoms with Crippen molar-refractivity contribution in [3.8, 4) is 5.75 Å². The average molecular weight is 319 g/mol. The fraction of sp³-hybridized carbons (Fsp3) is 0.538. The molecule has 0 saturated carbocycles. The predicted molar refractivity (Wildman–Crippen MR) is 72.9 cm³/mol. The van der Waals surface area contributed by atoms with Gasteiger partial charge in [0.25, 0.3) is 0 Å². The molecule has 0 aliphatic carbocycles. The van der Waals surface area contributed by atoms with Crippen LogP contribution in [0.25, 0.3) is 0 Å². The lowest BCUT2D eigenvalue weighted by atomic mass is 10.2. The summed E-state index contributed by atoms with van der Waals surface area (Å²) in [5.74, 6) is 0.739. The van der Waals surface area contributed by atoms with E-state index in [1.807, 2.05) is 18.2 Å². The highest BCUT2D eigenvalue weighted by atomic mass is 79.9. The van der Waals surface area contributed by atoms with Crippen LogP contribution in [0, 0.1) is 0 Å². The van der Waals surface area contributed by atoms with Crippen molar-refractivity contribution in [3.05, 3.63) is 28.2 Å². The van der Waals surface area contributed by atoms with Gasteiger partial charge >= 0.3 is 0 Å². The molecule has 0 radical (unpaired) electrons. The van der Waals surface area contributed by atoms with Crippen molar-refractivity contribution in [2.24, 2.45) is 0 Å². The number of ether oxygens (including phenoxy) is 3. The molecule has 0 aliphatic rings. The van der Waals surface area contributed by atoms with Gasteiger partial charge < -0.3 is 19.3 Å². The summed E-state index contributed by atoms with van der Waals surface area (Å²) in [4.78, 5) is 0. The van der Waals surface area contributed by atoms with E-state index >= 15 is 0 Å². The van der Waals surface area contributed by atoms with Gasteiger partial charge in [0.1, 0.15) is 12.4 Å². The lowest BCUT2D eigenvalue weighted by molar-refractivity contribution is 0.0806. The number of benzene rings is 1. The lowest BCUT2D eigenvalue weighted by Gasteiger charge is -2.09. The van der Waals surface area contributed by atoms with Crippen molar-refractivity contribution in [3.63, 3.8) is 0 Å². The van der Waals surface area contributed by atoms with E-state index < -0.39 is 0 Å². The zero-order valence-electron chi connectivity index (χ0n) is 10.5. The Balaban J connectivity index is 2.19. The number of aliphatic hydroxyl groups excluding tert-OH is 1. The van der Waals surface area contributed by atoms with E-state index in [0.717, 1.165) is 22.2 Å². The van der Waals surface area contributed by atoms with Crippen molar-refractivity contribution in [1.29, 1.82) is 0 Å². The Labute approximate surface area is 116 Å². The predicted octanol–water partition coefficient (Wildman–Crippen LogP) is 2.37. The molecule has 0 unspecified atom stereocenters. The van der Waals surface area contributed by atoms with Gasteiger partial charge in [-0.1, -0.05) is 15.9 Å². The molecule has 4 nitrogen and oxygen atoms in total. The Bertz CT molecular complexity index is 344. The van der Waals surface area contributed by atoms with Crippen molar-refractivity contribution in [2.75, 3.05) is 33.5 Å². The maximum absolute atomic E-state index is 9.11. The molecule has 1 rings (SSSR count). The van der Waals surface area contributed by atoms with Crippen LogP contribution in [0.2, 0.25) is 0 Å². The van der Waals surface area contributed by atoms with E-state index in [1.54, 1.807) is 7.11 Å². The van der Waals surface area contributed by atoms with Crippen molar-refractivity contribution < 1.29 is 19.3 Å². The number of hydrogen-bond donors (Lipinski definition) is 1. The van der Waals surface area contributed by atoms with E-state index in [2.05, 4.69) is 15.9 Å². The molecule has 0 fully saturated rings. The quantitative estimate of drug-likeness (QED) is 0.710. The molecule has 0 heterocycles. The van der Waals surface area contributed by atoms with Gasteiger partial charge in [0.15, 0.2) is 0 Å². The molecule has 0 aliphatic heterocycles. The molecule has 5 heteroatoms. The number of aliphatic hydroxyl groups is 1. The summed E-state index contributed by atoms with van der Waals surface area (Å²) in [7, 11) is 1.68. The minimum Gasteiger partial charge on any atom is -0.491 e. The summed E-state index contributed by atoms with van der Waals surface area (Å²) in [6, 6.07) is 5.53. The molecule has 0 aromatic heterocycles. The van der Waals surface area contributed by atoms with Gasteiger partial charge in [0.05, 0.1) is 13.2 Å². The first-order valence-electron chi connectivity index (χ1n) is 5.86. The molecular formula is C13H19BrO4. The summed E-state index contributed by atoms with van der Waals surface area (Å²) in [5, 5.41) is 9.11. The molecule has 102 valence electrons. The molecule has 0 bridgehead atoms. The van der Waals surface area contributed by atoms with E-state index in [0.29, 0.717) is 26.4 Å². The third-order valence-corrected chi connectivity index (χ3v) is 3.09. The Kier molecular flexibility index (Phi) is 8.00. The maximum atomic E-state index is 9.11. The van der Waals surface area contributed by atoms with Crippen LogP contribution in [0.4, 0.5) is 0 Å². The minimum absolute atomic E-state index is 0.00863. The molecular weight excluding hydrogens is 300 g/mol. The third-order valence-electron chi connectivity index (χ3n) is 2.32. The first-order chi connectivity index (χ1) is 8.77. The van der Waals surface area contributed by atoms with Crippen LogP contribution in [0.5, 0.6) is 5.75 Å². The van der Waals surface area contributed by atoms with Gasteiger partial charge in [-0.25, -0.2) is 0 Å². The Morgan fingerprint density at radius 2 is 2.00 bits per heavy atom. The zero-order chi connectivity index (χ0) is 13.2. The smallest absolute Gasteiger partial charge is 0.119 e. The second kappa shape index (κ2) is 9.33. The highest BCUT2D eigenvalue weighted by molar-refractivity contribution is 9.10. The van der Waals surface area contributed by atoms with Gasteiger partial charge in [0.2, 0.25) is 0 Å². The number of hydrogen-bond acceptors (Lipinski definition) is 4. The van der Waals surface area contributed by atoms with Crippen LogP contribution < -0.4 is 4.74 Å². The molecule has 18 heavy (non-hydrogen) atoms. The SMILES string of the molecule is COCCCOCCOc1ccc(Br)c(CO)c1. The molecule has 1 N–H and O–H groups in total. The highest BCUT2D eigenvalue weighted by Crippen LogP contribution is 2.22. The monoisotopic (exact) mass is 318 g/mol. The highest BCUT2D eigenvalue weighted by Gasteiger charge is 2.01. The standard InChI is InChI=1S/C13H19BrO4/c1-16-5-2-6-17-7-8-18-12-3-4-13(14)11(9-12)10-15/h3-4,9,15H,2,5-8,10H2,1H3. The maximum Gasteiger partial charge on any atom is 0.119 e. The molecule has 0 atom stereocenters. The van der Waals surface area contributed by atoms with Crippen LogP contribution in [0.1, 0.15) is 12.0 Å². The first-order valence-corrected chi connectivity index (χ1v) is 6.66. The Morgan fingerprint density at radius 3 is 2.72 bits per heavy atom. The second-order valence-corrected chi connectivity index (χ2v) is 4.57. The fourth-order valence-corrected chi connectivity index (χ4v) is 1.76. The van der Waals surface area contributed by atoms with Crippen molar-refractivity contribution in [2.45, 2.75) is 13.0 Å². The van der Waals surface area contributed by atoms with Gasteiger partial charge in [0, 0.05) is 24.8 Å². The van der Waals surface area contributed by atoms with Gasteiger partial charge in [-0.05, 0) is 30.2 Å². The van der Waals surface area contributed by atoms with Gasteiger partial charge in [-0.3, -0.25) is 0 Å². The van der Waals surface area contributed by atoms with Crippen molar-refractivity contribution in [1.82, 2.24) is 0 Å². The average Bonchev–Trinajstić information content (AvgIpc) is 2.39. The van der Waals surface area contributed by atoms with Crippen LogP contribution in [-0.2, 0) is 16.1 Å². The van der Waals surface area contributed by atoms with E-state index in [9.17, 15) is 0 Å². The molecule has 1 aromatic carbocycles. The lowest BCUT2D eigenvalue weighted by Crippen LogP contribution is -2.08. The van der Waals surface area contributed by atoms with Gasteiger partial charge in [-0.2, -0.15) is 0 Å². The van der Waals surface area contributed by atoms with E-state index in [-0.39, 0.29) is 6.61 Å². The van der Waals surface area contributed by atoms with E-state index in [1.165, 1.54) is 0 Å². The Morgan fingerprint density at radius 1 is 1.17 bits per heavy atom. The minimum atomic E-state index is -0.00863. The van der Waals surface area contributed by atoms with Crippen LogP contribution in [-0.4, -0.2) is 38.6 Å². The van der Waals surface area contributed by atoms with Crippen LogP contribution in [0.3, 0.4) is 0 Å². The van der Waals surface area contributed by atoms with E-state index in [4.69, 9.17) is 19.3 Å². The summed E-state index contributed by atoms with van der Waals surface area (Å²) >= 11 is 3.36. The second-order valence-electron chi connectivity index (χ2n) is 3.72.